The van der Waals surface area contributed by atoms with Gasteiger partial charge in [0.25, 0.3) is 0 Å². The van der Waals surface area contributed by atoms with Gasteiger partial charge in [-0.2, -0.15) is 0 Å². The molecule has 0 aliphatic rings. The van der Waals surface area contributed by atoms with Gasteiger partial charge in [0, 0.05) is 9.75 Å². The standard InChI is InChI=1S/C13H10O2S5/c14-9(7-3-1-5-17-7)11-12(20-13(16)19-11)10(15)8-4-2-6-18-8/h1-6,9-10,14-15H/t9-,10+. The molecular formula is C13H10O2S5. The molecule has 2 atom stereocenters. The van der Waals surface area contributed by atoms with Crippen LogP contribution in [0.3, 0.4) is 0 Å². The summed E-state index contributed by atoms with van der Waals surface area (Å²) in [5, 5.41) is 24.8. The van der Waals surface area contributed by atoms with E-state index >= 15 is 0 Å². The monoisotopic (exact) mass is 358 g/mol. The highest BCUT2D eigenvalue weighted by atomic mass is 32.2. The van der Waals surface area contributed by atoms with Gasteiger partial charge in [-0.3, -0.25) is 0 Å². The third kappa shape index (κ3) is 2.80. The van der Waals surface area contributed by atoms with E-state index < -0.39 is 12.2 Å². The molecule has 3 rings (SSSR count). The summed E-state index contributed by atoms with van der Waals surface area (Å²) < 4.78 is 0.723. The number of aliphatic hydroxyl groups excluding tert-OH is 2. The maximum atomic E-state index is 10.5. The minimum atomic E-state index is -0.711. The van der Waals surface area contributed by atoms with Gasteiger partial charge in [0.05, 0.1) is 9.75 Å². The molecule has 2 nitrogen and oxygen atoms in total. The topological polar surface area (TPSA) is 40.5 Å². The van der Waals surface area contributed by atoms with Gasteiger partial charge in [0.2, 0.25) is 0 Å². The van der Waals surface area contributed by atoms with Crippen LogP contribution in [-0.4, -0.2) is 10.2 Å². The van der Waals surface area contributed by atoms with Crippen LogP contribution >= 0.6 is 57.6 Å². The summed E-state index contributed by atoms with van der Waals surface area (Å²) in [4.78, 5) is 3.24. The molecule has 0 unspecified atom stereocenters. The molecule has 2 N–H and O–H groups in total. The second kappa shape index (κ2) is 6.15. The number of rotatable bonds is 4. The van der Waals surface area contributed by atoms with Gasteiger partial charge in [-0.05, 0) is 22.9 Å². The first-order chi connectivity index (χ1) is 9.66. The van der Waals surface area contributed by atoms with Crippen molar-refractivity contribution in [2.24, 2.45) is 0 Å². The Kier molecular flexibility index (Phi) is 4.46. The number of aliphatic hydroxyl groups is 2. The van der Waals surface area contributed by atoms with Crippen LogP contribution in [0.1, 0.15) is 31.7 Å². The summed E-state index contributed by atoms with van der Waals surface area (Å²) >= 11 is 11.0. The number of hydrogen-bond donors (Lipinski definition) is 2. The molecule has 0 amide bonds. The van der Waals surface area contributed by atoms with Crippen LogP contribution in [0, 0.1) is 3.14 Å². The fraction of sp³-hybridized carbons (Fsp3) is 0.154. The molecule has 3 heterocycles. The summed E-state index contributed by atoms with van der Waals surface area (Å²) in [6.07, 6.45) is -1.42. The van der Waals surface area contributed by atoms with E-state index in [2.05, 4.69) is 0 Å². The first kappa shape index (κ1) is 14.5. The second-order valence-electron chi connectivity index (χ2n) is 4.02. The van der Waals surface area contributed by atoms with Crippen molar-refractivity contribution in [1.82, 2.24) is 0 Å². The van der Waals surface area contributed by atoms with E-state index in [0.717, 1.165) is 22.6 Å². The lowest BCUT2D eigenvalue weighted by atomic mass is 10.1. The number of hydrogen-bond acceptors (Lipinski definition) is 7. The van der Waals surface area contributed by atoms with Crippen molar-refractivity contribution in [1.29, 1.82) is 0 Å². The minimum absolute atomic E-state index is 0.711. The predicted octanol–water partition coefficient (Wildman–Crippen LogP) is 4.83. The van der Waals surface area contributed by atoms with Crippen molar-refractivity contribution in [3.63, 3.8) is 0 Å². The molecule has 0 aliphatic carbocycles. The van der Waals surface area contributed by atoms with E-state index in [9.17, 15) is 10.2 Å². The molecule has 0 fully saturated rings. The van der Waals surface area contributed by atoms with Crippen LogP contribution < -0.4 is 0 Å². The SMILES string of the molecule is O[C@H](c1cccs1)c1sc(=S)sc1[C@@H](O)c1cccs1. The molecule has 3 aromatic heterocycles. The molecular weight excluding hydrogens is 348 g/mol. The van der Waals surface area contributed by atoms with Crippen LogP contribution in [0.15, 0.2) is 35.0 Å². The zero-order chi connectivity index (χ0) is 14.1. The van der Waals surface area contributed by atoms with Crippen molar-refractivity contribution in [2.75, 3.05) is 0 Å². The van der Waals surface area contributed by atoms with E-state index in [-0.39, 0.29) is 0 Å². The zero-order valence-electron chi connectivity index (χ0n) is 10.1. The highest BCUT2D eigenvalue weighted by Gasteiger charge is 2.24. The van der Waals surface area contributed by atoms with E-state index in [1.807, 2.05) is 35.0 Å². The molecule has 0 bridgehead atoms. The Morgan fingerprint density at radius 3 is 1.65 bits per heavy atom. The van der Waals surface area contributed by atoms with Gasteiger partial charge in [0.1, 0.15) is 15.3 Å². The van der Waals surface area contributed by atoms with Crippen LogP contribution in [0.25, 0.3) is 0 Å². The Morgan fingerprint density at radius 1 is 0.850 bits per heavy atom. The molecule has 0 spiro atoms. The normalized spacial score (nSPS) is 14.3. The van der Waals surface area contributed by atoms with Gasteiger partial charge in [-0.15, -0.1) is 45.3 Å². The Morgan fingerprint density at radius 2 is 1.30 bits per heavy atom. The summed E-state index contributed by atoms with van der Waals surface area (Å²) in [5.41, 5.74) is 0. The lowest BCUT2D eigenvalue weighted by Gasteiger charge is -2.12. The Labute approximate surface area is 137 Å². The Balaban J connectivity index is 2.02. The molecule has 0 radical (unpaired) electrons. The second-order valence-corrected chi connectivity index (χ2v) is 9.26. The number of thiophene rings is 2. The van der Waals surface area contributed by atoms with Crippen molar-refractivity contribution in [3.8, 4) is 0 Å². The smallest absolute Gasteiger partial charge is 0.144 e. The highest BCUT2D eigenvalue weighted by molar-refractivity contribution is 7.76. The average Bonchev–Trinajstić information content (AvgIpc) is 3.18. The van der Waals surface area contributed by atoms with Gasteiger partial charge >= 0.3 is 0 Å². The minimum Gasteiger partial charge on any atom is -0.382 e. The molecule has 3 aromatic rings. The van der Waals surface area contributed by atoms with Gasteiger partial charge in [-0.25, -0.2) is 0 Å². The quantitative estimate of drug-likeness (QED) is 0.657. The van der Waals surface area contributed by atoms with E-state index in [4.69, 9.17) is 12.2 Å². The van der Waals surface area contributed by atoms with Gasteiger partial charge in [-0.1, -0.05) is 24.4 Å². The maximum absolute atomic E-state index is 10.5. The lowest BCUT2D eigenvalue weighted by molar-refractivity contribution is 0.207. The molecule has 104 valence electrons. The average molecular weight is 359 g/mol. The maximum Gasteiger partial charge on any atom is 0.144 e. The Hall–Kier alpha value is -0.410. The first-order valence-electron chi connectivity index (χ1n) is 5.73. The first-order valence-corrected chi connectivity index (χ1v) is 9.53. The Bertz CT molecular complexity index is 663. The van der Waals surface area contributed by atoms with Gasteiger partial charge in [0.15, 0.2) is 0 Å². The summed E-state index contributed by atoms with van der Waals surface area (Å²) in [7, 11) is 0. The highest BCUT2D eigenvalue weighted by Crippen LogP contribution is 2.41. The molecule has 20 heavy (non-hydrogen) atoms. The van der Waals surface area contributed by atoms with Crippen molar-refractivity contribution in [3.05, 3.63) is 57.7 Å². The third-order valence-corrected chi connectivity index (χ3v) is 7.39. The van der Waals surface area contributed by atoms with E-state index in [1.165, 1.54) is 45.3 Å². The molecule has 0 aromatic carbocycles. The fourth-order valence-corrected chi connectivity index (χ4v) is 6.17. The van der Waals surface area contributed by atoms with Crippen molar-refractivity contribution in [2.45, 2.75) is 12.2 Å². The van der Waals surface area contributed by atoms with Crippen LogP contribution in [0.5, 0.6) is 0 Å². The van der Waals surface area contributed by atoms with Crippen LogP contribution in [0.2, 0.25) is 0 Å². The molecule has 0 saturated heterocycles. The van der Waals surface area contributed by atoms with E-state index in [0.29, 0.717) is 0 Å². The summed E-state index contributed by atoms with van der Waals surface area (Å²) in [5.74, 6) is 0. The van der Waals surface area contributed by atoms with Gasteiger partial charge < -0.3 is 10.2 Å². The van der Waals surface area contributed by atoms with Crippen molar-refractivity contribution < 1.29 is 10.2 Å². The summed E-state index contributed by atoms with van der Waals surface area (Å²) in [6.45, 7) is 0. The predicted molar refractivity (Wildman–Crippen MR) is 89.8 cm³/mol. The lowest BCUT2D eigenvalue weighted by Crippen LogP contribution is -2.02. The fourth-order valence-electron chi connectivity index (χ4n) is 1.83. The third-order valence-electron chi connectivity index (χ3n) is 2.75. The zero-order valence-corrected chi connectivity index (χ0v) is 14.1. The van der Waals surface area contributed by atoms with E-state index in [1.54, 1.807) is 0 Å². The van der Waals surface area contributed by atoms with Crippen LogP contribution in [-0.2, 0) is 0 Å². The van der Waals surface area contributed by atoms with Crippen LogP contribution in [0.4, 0.5) is 0 Å². The molecule has 0 saturated carbocycles. The largest absolute Gasteiger partial charge is 0.382 e. The molecule has 7 heteroatoms. The van der Waals surface area contributed by atoms with Crippen molar-refractivity contribution >= 4 is 57.6 Å². The summed E-state index contributed by atoms with van der Waals surface area (Å²) in [6, 6.07) is 7.60. The molecule has 0 aliphatic heterocycles.